The maximum atomic E-state index is 10.3. The van der Waals surface area contributed by atoms with Crippen molar-refractivity contribution in [3.8, 4) is 17.1 Å². The van der Waals surface area contributed by atoms with Crippen molar-refractivity contribution >= 4 is 51.5 Å². The van der Waals surface area contributed by atoms with Crippen LogP contribution < -0.4 is 16.4 Å². The number of amides is 1. The molecule has 1 aliphatic heterocycles. The molecular weight excluding hydrogens is 569 g/mol. The predicted molar refractivity (Wildman–Crippen MR) is 169 cm³/mol. The van der Waals surface area contributed by atoms with Crippen LogP contribution >= 0.6 is 23.2 Å². The summed E-state index contributed by atoms with van der Waals surface area (Å²) in [5.74, 6) is -0.553. The van der Waals surface area contributed by atoms with Gasteiger partial charge < -0.3 is 15.6 Å². The Kier molecular flexibility index (Phi) is 8.76. The number of hydrogen-bond acceptors (Lipinski definition) is 6. The van der Waals surface area contributed by atoms with Gasteiger partial charge in [-0.25, -0.2) is 9.97 Å². The summed E-state index contributed by atoms with van der Waals surface area (Å²) in [4.78, 5) is 27.5. The Balaban J connectivity index is 0.000000336. The van der Waals surface area contributed by atoms with Gasteiger partial charge in [0.1, 0.15) is 5.69 Å². The quantitative estimate of drug-likeness (QED) is 0.207. The number of nitrogens with two attached hydrogens (primary N) is 1. The molecule has 0 saturated carbocycles. The largest absolute Gasteiger partial charge is 0.364 e. The Morgan fingerprint density at radius 3 is 2.24 bits per heavy atom. The van der Waals surface area contributed by atoms with Crippen LogP contribution in [0.5, 0.6) is 0 Å². The number of carbonyl (C=O) groups excluding carboxylic acids is 1. The van der Waals surface area contributed by atoms with Gasteiger partial charge in [0.05, 0.1) is 39.7 Å². The van der Waals surface area contributed by atoms with Crippen LogP contribution in [0.4, 0.5) is 11.4 Å². The number of benzene rings is 4. The second-order valence-corrected chi connectivity index (χ2v) is 10.5. The van der Waals surface area contributed by atoms with Crippen LogP contribution in [0, 0.1) is 0 Å². The number of halogens is 2. The van der Waals surface area contributed by atoms with E-state index in [1.165, 1.54) is 18.6 Å². The number of nitrogens with one attached hydrogen (secondary N) is 1. The summed E-state index contributed by atoms with van der Waals surface area (Å²) in [6.45, 7) is 4.14. The molecule has 2 aliphatic rings. The minimum Gasteiger partial charge on any atom is -0.364 e. The summed E-state index contributed by atoms with van der Waals surface area (Å²) in [6.07, 6.45) is 4.22. The highest BCUT2D eigenvalue weighted by Crippen LogP contribution is 2.31. The van der Waals surface area contributed by atoms with E-state index in [1.54, 1.807) is 0 Å². The Morgan fingerprint density at radius 2 is 1.62 bits per heavy atom. The Hall–Kier alpha value is -4.79. The lowest BCUT2D eigenvalue weighted by Gasteiger charge is -2.20. The molecule has 0 atom stereocenters. The first-order valence-electron chi connectivity index (χ1n) is 13.1. The molecule has 8 nitrogen and oxygen atoms in total. The third-order valence-electron chi connectivity index (χ3n) is 6.12. The van der Waals surface area contributed by atoms with Gasteiger partial charge in [0.2, 0.25) is 0 Å². The zero-order valence-corrected chi connectivity index (χ0v) is 24.4. The average molecular weight is 597 g/mol. The molecule has 1 amide bonds. The van der Waals surface area contributed by atoms with Gasteiger partial charge in [0.15, 0.2) is 0 Å². The molecule has 0 saturated heterocycles. The average Bonchev–Trinajstić information content (AvgIpc) is 2.99. The van der Waals surface area contributed by atoms with Crippen LogP contribution in [0.25, 0.3) is 28.1 Å². The lowest BCUT2D eigenvalue weighted by atomic mass is 10.1. The molecule has 0 spiro atoms. The number of hydrogen-bond donors (Lipinski definition) is 2. The fourth-order valence-corrected chi connectivity index (χ4v) is 4.56. The van der Waals surface area contributed by atoms with E-state index < -0.39 is 5.91 Å². The third-order valence-corrected chi connectivity index (χ3v) is 6.62. The fourth-order valence-electron chi connectivity index (χ4n) is 4.31. The molecule has 1 aromatic heterocycles. The lowest BCUT2D eigenvalue weighted by molar-refractivity contribution is 0.0995. The number of aromatic nitrogens is 4. The number of carbonyl (C=O) groups is 1. The first kappa shape index (κ1) is 28.7. The number of fused-ring (bicyclic) bond motifs is 2. The number of nitrogens with zero attached hydrogens (tertiary/aromatic N) is 5. The Labute approximate surface area is 252 Å². The summed E-state index contributed by atoms with van der Waals surface area (Å²) in [5.41, 5.74) is 11.7. The van der Waals surface area contributed by atoms with Gasteiger partial charge in [-0.2, -0.15) is 0 Å². The normalized spacial score (nSPS) is 11.4. The van der Waals surface area contributed by atoms with Crippen LogP contribution in [0.2, 0.25) is 10.0 Å². The second kappa shape index (κ2) is 12.8. The maximum absolute atomic E-state index is 10.3. The molecule has 10 heteroatoms. The number of rotatable bonds is 5. The minimum absolute atomic E-state index is 0.130. The molecule has 0 radical (unpaired) electrons. The van der Waals surface area contributed by atoms with Crippen LogP contribution in [0.15, 0.2) is 109 Å². The molecule has 3 N–H and O–H groups in total. The van der Waals surface area contributed by atoms with Crippen molar-refractivity contribution < 1.29 is 4.79 Å². The maximum Gasteiger partial charge on any atom is 0.268 e. The summed E-state index contributed by atoms with van der Waals surface area (Å²) < 4.78 is 2.21. The lowest BCUT2D eigenvalue weighted by Crippen LogP contribution is -2.16. The topological polar surface area (TPSA) is 111 Å². The monoisotopic (exact) mass is 595 g/mol. The number of primary amides is 1. The van der Waals surface area contributed by atoms with Crippen molar-refractivity contribution in [3.63, 3.8) is 0 Å². The highest BCUT2D eigenvalue weighted by molar-refractivity contribution is 6.30. The highest BCUT2D eigenvalue weighted by Gasteiger charge is 2.16. The van der Waals surface area contributed by atoms with Gasteiger partial charge >= 0.3 is 0 Å². The van der Waals surface area contributed by atoms with E-state index in [0.717, 1.165) is 44.8 Å². The molecule has 4 aromatic rings. The standard InChI is InChI=1S/C27H22Cl2N4.C5H5N3O/c1-17(2)30-24-16-27-25(15-23(24)31-20-11-7-18(28)8-12-20)32-22-5-3-4-6-26(22)33(27)21-13-9-19(29)10-14-21;6-5(9)4-3-7-1-2-8-4/h3-17,31H,1-2H3;1-3H,(H2,6,9). The molecule has 2 heterocycles. The van der Waals surface area contributed by atoms with Gasteiger partial charge in [-0.15, -0.1) is 0 Å². The Bertz CT molecular complexity index is 1870. The minimum atomic E-state index is -0.553. The van der Waals surface area contributed by atoms with Crippen molar-refractivity contribution in [3.05, 3.63) is 125 Å². The predicted octanol–water partition coefficient (Wildman–Crippen LogP) is 7.07. The van der Waals surface area contributed by atoms with Gasteiger partial charge in [-0.1, -0.05) is 35.3 Å². The smallest absolute Gasteiger partial charge is 0.268 e. The van der Waals surface area contributed by atoms with Crippen molar-refractivity contribution in [2.75, 3.05) is 5.32 Å². The van der Waals surface area contributed by atoms with Crippen molar-refractivity contribution in [1.82, 2.24) is 19.5 Å². The van der Waals surface area contributed by atoms with Gasteiger partial charge in [-0.3, -0.25) is 14.8 Å². The van der Waals surface area contributed by atoms with E-state index in [4.69, 9.17) is 38.9 Å². The van der Waals surface area contributed by atoms with Gasteiger partial charge in [0, 0.05) is 39.9 Å². The van der Waals surface area contributed by atoms with E-state index in [-0.39, 0.29) is 11.7 Å². The highest BCUT2D eigenvalue weighted by atomic mass is 35.5. The van der Waals surface area contributed by atoms with Crippen molar-refractivity contribution in [2.24, 2.45) is 10.7 Å². The summed E-state index contributed by atoms with van der Waals surface area (Å²) in [6, 6.07) is 27.9. The molecule has 1 aliphatic carbocycles. The van der Waals surface area contributed by atoms with Gasteiger partial charge in [0.25, 0.3) is 5.91 Å². The molecule has 3 aromatic carbocycles. The number of anilines is 2. The van der Waals surface area contributed by atoms with Crippen molar-refractivity contribution in [1.29, 1.82) is 0 Å². The van der Waals surface area contributed by atoms with Crippen LogP contribution in [0.1, 0.15) is 24.3 Å². The third kappa shape index (κ3) is 6.74. The van der Waals surface area contributed by atoms with Crippen LogP contribution in [-0.4, -0.2) is 31.5 Å². The van der Waals surface area contributed by atoms with E-state index in [2.05, 4.69) is 51.9 Å². The molecule has 0 fully saturated rings. The number of para-hydroxylation sites is 2. The molecule has 210 valence electrons. The summed E-state index contributed by atoms with van der Waals surface area (Å²) in [5, 5.41) is 5.76. The molecule has 0 bridgehead atoms. The zero-order valence-electron chi connectivity index (χ0n) is 22.9. The van der Waals surface area contributed by atoms with E-state index >= 15 is 0 Å². The zero-order chi connectivity index (χ0) is 29.6. The van der Waals surface area contributed by atoms with Crippen molar-refractivity contribution in [2.45, 2.75) is 19.9 Å². The summed E-state index contributed by atoms with van der Waals surface area (Å²) in [7, 11) is 0. The van der Waals surface area contributed by atoms with E-state index in [9.17, 15) is 4.79 Å². The van der Waals surface area contributed by atoms with Gasteiger partial charge in [-0.05, 0) is 86.6 Å². The fraction of sp³-hybridized carbons (Fsp3) is 0.0938. The van der Waals surface area contributed by atoms with Crippen LogP contribution in [0.3, 0.4) is 0 Å². The van der Waals surface area contributed by atoms with Crippen LogP contribution in [-0.2, 0) is 0 Å². The first-order chi connectivity index (χ1) is 20.3. The van der Waals surface area contributed by atoms with E-state index in [0.29, 0.717) is 10.0 Å². The Morgan fingerprint density at radius 1 is 0.929 bits per heavy atom. The molecule has 0 unspecified atom stereocenters. The first-order valence-corrected chi connectivity index (χ1v) is 13.9. The SMILES string of the molecule is CC(C)N=c1cc2n(-c3ccc(Cl)cc3)c3ccccc3nc-2cc1Nc1ccc(Cl)cc1.NC(=O)c1cnccn1. The molecular formula is C32H27Cl2N7O. The van der Waals surface area contributed by atoms with E-state index in [1.807, 2.05) is 66.7 Å². The second-order valence-electron chi connectivity index (χ2n) is 9.58. The summed E-state index contributed by atoms with van der Waals surface area (Å²) >= 11 is 12.2. The molecule has 42 heavy (non-hydrogen) atoms. The molecule has 6 rings (SSSR count).